The van der Waals surface area contributed by atoms with Gasteiger partial charge in [0.05, 0.1) is 16.3 Å². The number of anilines is 1. The number of sulfonamides is 1. The maximum atomic E-state index is 12.9. The zero-order valence-electron chi connectivity index (χ0n) is 12.7. The molecule has 0 saturated carbocycles. The normalized spacial score (nSPS) is 11.4. The molecule has 0 radical (unpaired) electrons. The summed E-state index contributed by atoms with van der Waals surface area (Å²) in [5.41, 5.74) is 2.12. The fourth-order valence-electron chi connectivity index (χ4n) is 2.17. The van der Waals surface area contributed by atoms with E-state index in [-0.39, 0.29) is 5.75 Å². The molecule has 0 atom stereocenters. The standard InChI is InChI=1S/C16H14FN3O2S2/c1-11-15(13-3-2-8-18-9-13)23-16(19-11)20-24(21,22)10-12-4-6-14(17)7-5-12/h2-9H,10H2,1H3,(H,19,20). The Hall–Kier alpha value is -2.32. The zero-order valence-corrected chi connectivity index (χ0v) is 14.4. The van der Waals surface area contributed by atoms with Gasteiger partial charge in [0.2, 0.25) is 10.0 Å². The molecule has 5 nitrogen and oxygen atoms in total. The SMILES string of the molecule is Cc1nc(NS(=O)(=O)Cc2ccc(F)cc2)sc1-c1cccnc1. The molecule has 0 spiro atoms. The fourth-order valence-corrected chi connectivity index (χ4v) is 4.54. The number of aromatic nitrogens is 2. The second-order valence-electron chi connectivity index (χ2n) is 5.16. The third kappa shape index (κ3) is 3.95. The van der Waals surface area contributed by atoms with E-state index in [1.54, 1.807) is 12.4 Å². The highest BCUT2D eigenvalue weighted by Gasteiger charge is 2.16. The predicted molar refractivity (Wildman–Crippen MR) is 92.7 cm³/mol. The molecule has 124 valence electrons. The molecule has 1 N–H and O–H groups in total. The van der Waals surface area contributed by atoms with Crippen molar-refractivity contribution in [2.24, 2.45) is 0 Å². The number of pyridine rings is 1. The maximum absolute atomic E-state index is 12.9. The number of hydrogen-bond donors (Lipinski definition) is 1. The second-order valence-corrected chi connectivity index (χ2v) is 7.88. The summed E-state index contributed by atoms with van der Waals surface area (Å²) in [5.74, 6) is -0.644. The van der Waals surface area contributed by atoms with Crippen LogP contribution in [0.3, 0.4) is 0 Å². The summed E-state index contributed by atoms with van der Waals surface area (Å²) in [6.45, 7) is 1.82. The first-order valence-corrected chi connectivity index (χ1v) is 9.52. The molecule has 2 aromatic heterocycles. The number of thiazole rings is 1. The first-order valence-electron chi connectivity index (χ1n) is 7.06. The number of nitrogens with one attached hydrogen (secondary N) is 1. The molecule has 24 heavy (non-hydrogen) atoms. The Kier molecular flexibility index (Phi) is 4.59. The highest BCUT2D eigenvalue weighted by molar-refractivity contribution is 7.92. The van der Waals surface area contributed by atoms with Crippen LogP contribution in [0.4, 0.5) is 9.52 Å². The number of aryl methyl sites for hydroxylation is 1. The molecule has 0 fully saturated rings. The van der Waals surface area contributed by atoms with Crippen LogP contribution in [0.15, 0.2) is 48.8 Å². The third-order valence-electron chi connectivity index (χ3n) is 3.23. The summed E-state index contributed by atoms with van der Waals surface area (Å²) >= 11 is 1.25. The first kappa shape index (κ1) is 16.5. The van der Waals surface area contributed by atoms with E-state index in [4.69, 9.17) is 0 Å². The Morgan fingerprint density at radius 1 is 1.21 bits per heavy atom. The average molecular weight is 363 g/mol. The molecule has 3 aromatic rings. The lowest BCUT2D eigenvalue weighted by Crippen LogP contribution is -2.14. The maximum Gasteiger partial charge on any atom is 0.238 e. The highest BCUT2D eigenvalue weighted by Crippen LogP contribution is 2.32. The van der Waals surface area contributed by atoms with Crippen molar-refractivity contribution in [3.63, 3.8) is 0 Å². The van der Waals surface area contributed by atoms with Crippen LogP contribution in [0.5, 0.6) is 0 Å². The van der Waals surface area contributed by atoms with Gasteiger partial charge in [-0.1, -0.05) is 29.5 Å². The number of nitrogens with zero attached hydrogens (tertiary/aromatic N) is 2. The third-order valence-corrected chi connectivity index (χ3v) is 5.70. The van der Waals surface area contributed by atoms with E-state index in [2.05, 4.69) is 14.7 Å². The molecule has 0 bridgehead atoms. The largest absolute Gasteiger partial charge is 0.264 e. The highest BCUT2D eigenvalue weighted by atomic mass is 32.2. The van der Waals surface area contributed by atoms with E-state index >= 15 is 0 Å². The summed E-state index contributed by atoms with van der Waals surface area (Å²) in [6, 6.07) is 9.07. The van der Waals surface area contributed by atoms with Crippen molar-refractivity contribution in [2.45, 2.75) is 12.7 Å². The van der Waals surface area contributed by atoms with Crippen LogP contribution in [0.25, 0.3) is 10.4 Å². The average Bonchev–Trinajstić information content (AvgIpc) is 2.90. The Bertz CT molecular complexity index is 939. The zero-order chi connectivity index (χ0) is 17.2. The Morgan fingerprint density at radius 2 is 1.96 bits per heavy atom. The molecule has 3 rings (SSSR count). The number of halogens is 1. The smallest absolute Gasteiger partial charge is 0.238 e. The molecule has 1 aromatic carbocycles. The van der Waals surface area contributed by atoms with Crippen LogP contribution in [-0.4, -0.2) is 18.4 Å². The Labute approximate surface area is 143 Å². The van der Waals surface area contributed by atoms with Gasteiger partial charge in [-0.05, 0) is 30.7 Å². The van der Waals surface area contributed by atoms with E-state index < -0.39 is 15.8 Å². The van der Waals surface area contributed by atoms with Gasteiger partial charge in [0.1, 0.15) is 5.82 Å². The minimum atomic E-state index is -3.63. The van der Waals surface area contributed by atoms with Gasteiger partial charge in [0.15, 0.2) is 5.13 Å². The molecule has 2 heterocycles. The van der Waals surface area contributed by atoms with Crippen LogP contribution in [0.2, 0.25) is 0 Å². The Morgan fingerprint density at radius 3 is 2.62 bits per heavy atom. The van der Waals surface area contributed by atoms with Crippen LogP contribution in [0, 0.1) is 12.7 Å². The van der Waals surface area contributed by atoms with Crippen molar-refractivity contribution >= 4 is 26.5 Å². The molecular formula is C16H14FN3O2S2. The molecule has 0 aliphatic carbocycles. The minimum absolute atomic E-state index is 0.242. The van der Waals surface area contributed by atoms with Crippen LogP contribution in [0.1, 0.15) is 11.3 Å². The monoisotopic (exact) mass is 363 g/mol. The molecule has 0 amide bonds. The number of benzene rings is 1. The van der Waals surface area contributed by atoms with E-state index in [1.165, 1.54) is 35.6 Å². The van der Waals surface area contributed by atoms with Crippen LogP contribution >= 0.6 is 11.3 Å². The molecular weight excluding hydrogens is 349 g/mol. The van der Waals surface area contributed by atoms with Gasteiger partial charge in [-0.3, -0.25) is 9.71 Å². The topological polar surface area (TPSA) is 72.0 Å². The number of rotatable bonds is 5. The van der Waals surface area contributed by atoms with Gasteiger partial charge >= 0.3 is 0 Å². The van der Waals surface area contributed by atoms with Gasteiger partial charge in [-0.2, -0.15) is 0 Å². The van der Waals surface area contributed by atoms with Gasteiger partial charge < -0.3 is 0 Å². The number of hydrogen-bond acceptors (Lipinski definition) is 5. The summed E-state index contributed by atoms with van der Waals surface area (Å²) < 4.78 is 39.9. The van der Waals surface area contributed by atoms with Gasteiger partial charge in [0.25, 0.3) is 0 Å². The lowest BCUT2D eigenvalue weighted by atomic mass is 10.2. The first-order chi connectivity index (χ1) is 11.4. The van der Waals surface area contributed by atoms with Crippen molar-refractivity contribution in [2.75, 3.05) is 4.72 Å². The van der Waals surface area contributed by atoms with E-state index in [0.717, 1.165) is 16.1 Å². The lowest BCUT2D eigenvalue weighted by molar-refractivity contribution is 0.600. The molecule has 8 heteroatoms. The second kappa shape index (κ2) is 6.66. The van der Waals surface area contributed by atoms with Crippen molar-refractivity contribution < 1.29 is 12.8 Å². The van der Waals surface area contributed by atoms with Crippen molar-refractivity contribution in [3.05, 3.63) is 65.9 Å². The molecule has 0 aliphatic rings. The predicted octanol–water partition coefficient (Wildman–Crippen LogP) is 3.59. The Balaban J connectivity index is 1.79. The summed E-state index contributed by atoms with van der Waals surface area (Å²) in [7, 11) is -3.63. The van der Waals surface area contributed by atoms with Crippen LogP contribution in [-0.2, 0) is 15.8 Å². The van der Waals surface area contributed by atoms with Gasteiger partial charge in [-0.25, -0.2) is 17.8 Å². The van der Waals surface area contributed by atoms with E-state index in [0.29, 0.717) is 10.7 Å². The van der Waals surface area contributed by atoms with E-state index in [1.807, 2.05) is 19.1 Å². The van der Waals surface area contributed by atoms with E-state index in [9.17, 15) is 12.8 Å². The molecule has 0 saturated heterocycles. The van der Waals surface area contributed by atoms with Crippen molar-refractivity contribution in [3.8, 4) is 10.4 Å². The fraction of sp³-hybridized carbons (Fsp3) is 0.125. The summed E-state index contributed by atoms with van der Waals surface area (Å²) in [4.78, 5) is 9.19. The quantitative estimate of drug-likeness (QED) is 0.752. The summed E-state index contributed by atoms with van der Waals surface area (Å²) in [5, 5.41) is 0.300. The van der Waals surface area contributed by atoms with Crippen molar-refractivity contribution in [1.82, 2.24) is 9.97 Å². The van der Waals surface area contributed by atoms with Gasteiger partial charge in [0, 0.05) is 18.0 Å². The minimum Gasteiger partial charge on any atom is -0.264 e. The van der Waals surface area contributed by atoms with Gasteiger partial charge in [-0.15, -0.1) is 0 Å². The summed E-state index contributed by atoms with van der Waals surface area (Å²) in [6.07, 6.45) is 3.38. The molecule has 0 unspecified atom stereocenters. The van der Waals surface area contributed by atoms with Crippen LogP contribution < -0.4 is 4.72 Å². The lowest BCUT2D eigenvalue weighted by Gasteiger charge is -2.05. The van der Waals surface area contributed by atoms with Crippen molar-refractivity contribution in [1.29, 1.82) is 0 Å². The molecule has 0 aliphatic heterocycles.